The standard InChI is InChI=1S/C17H30N2O/c1-6-11-18-15(9-10-17(2,3)4)12-14-7-8-16(20-5)19-13-14/h7-8,13,15,18H,6,9-12H2,1-5H3. The summed E-state index contributed by atoms with van der Waals surface area (Å²) in [4.78, 5) is 4.29. The average Bonchev–Trinajstić information content (AvgIpc) is 2.41. The third kappa shape index (κ3) is 6.90. The minimum atomic E-state index is 0.393. The van der Waals surface area contributed by atoms with Crippen LogP contribution in [-0.2, 0) is 6.42 Å². The van der Waals surface area contributed by atoms with Gasteiger partial charge in [-0.3, -0.25) is 0 Å². The van der Waals surface area contributed by atoms with Gasteiger partial charge in [0.1, 0.15) is 0 Å². The largest absolute Gasteiger partial charge is 0.481 e. The molecule has 3 heteroatoms. The molecule has 0 fully saturated rings. The van der Waals surface area contributed by atoms with Gasteiger partial charge < -0.3 is 10.1 Å². The lowest BCUT2D eigenvalue weighted by atomic mass is 9.87. The van der Waals surface area contributed by atoms with E-state index in [-0.39, 0.29) is 0 Å². The van der Waals surface area contributed by atoms with Gasteiger partial charge in [0, 0.05) is 18.3 Å². The summed E-state index contributed by atoms with van der Waals surface area (Å²) in [6, 6.07) is 4.59. The fourth-order valence-corrected chi connectivity index (χ4v) is 2.17. The van der Waals surface area contributed by atoms with Crippen molar-refractivity contribution in [2.24, 2.45) is 5.41 Å². The minimum Gasteiger partial charge on any atom is -0.481 e. The summed E-state index contributed by atoms with van der Waals surface area (Å²) in [5.74, 6) is 0.682. The zero-order valence-electron chi connectivity index (χ0n) is 13.7. The number of methoxy groups -OCH3 is 1. The van der Waals surface area contributed by atoms with E-state index in [0.29, 0.717) is 17.3 Å². The zero-order valence-corrected chi connectivity index (χ0v) is 13.7. The summed E-state index contributed by atoms with van der Waals surface area (Å²) in [5, 5.41) is 3.66. The zero-order chi connectivity index (χ0) is 15.0. The molecule has 0 saturated carbocycles. The topological polar surface area (TPSA) is 34.1 Å². The molecule has 0 saturated heterocycles. The van der Waals surface area contributed by atoms with Crippen LogP contribution >= 0.6 is 0 Å². The van der Waals surface area contributed by atoms with Crippen LogP contribution in [0.2, 0.25) is 0 Å². The quantitative estimate of drug-likeness (QED) is 0.785. The van der Waals surface area contributed by atoms with E-state index in [1.54, 1.807) is 7.11 Å². The number of nitrogens with one attached hydrogen (secondary N) is 1. The van der Waals surface area contributed by atoms with Gasteiger partial charge in [0.25, 0.3) is 0 Å². The molecule has 0 aliphatic rings. The van der Waals surface area contributed by atoms with E-state index in [1.165, 1.54) is 24.8 Å². The Labute approximate surface area is 124 Å². The molecule has 114 valence electrons. The van der Waals surface area contributed by atoms with E-state index >= 15 is 0 Å². The minimum absolute atomic E-state index is 0.393. The predicted octanol–water partition coefficient (Wildman–Crippen LogP) is 3.83. The van der Waals surface area contributed by atoms with Crippen LogP contribution in [0.25, 0.3) is 0 Å². The fourth-order valence-electron chi connectivity index (χ4n) is 2.17. The summed E-state index contributed by atoms with van der Waals surface area (Å²) in [6.07, 6.45) is 6.57. The van der Waals surface area contributed by atoms with Crippen molar-refractivity contribution in [3.05, 3.63) is 23.9 Å². The summed E-state index contributed by atoms with van der Waals surface area (Å²) >= 11 is 0. The van der Waals surface area contributed by atoms with Crippen LogP contribution in [0.15, 0.2) is 18.3 Å². The van der Waals surface area contributed by atoms with Crippen LogP contribution in [0.5, 0.6) is 5.88 Å². The molecule has 0 bridgehead atoms. The fraction of sp³-hybridized carbons (Fsp3) is 0.706. The summed E-state index contributed by atoms with van der Waals surface area (Å²) < 4.78 is 5.10. The summed E-state index contributed by atoms with van der Waals surface area (Å²) in [5.41, 5.74) is 1.66. The molecule has 1 rings (SSSR count). The molecule has 0 spiro atoms. The molecule has 0 radical (unpaired) electrons. The Bertz CT molecular complexity index is 368. The lowest BCUT2D eigenvalue weighted by Crippen LogP contribution is -2.32. The van der Waals surface area contributed by atoms with Crippen LogP contribution in [0.3, 0.4) is 0 Å². The molecule has 20 heavy (non-hydrogen) atoms. The van der Waals surface area contributed by atoms with Crippen molar-refractivity contribution < 1.29 is 4.74 Å². The Kier molecular flexibility index (Phi) is 7.00. The molecule has 1 aromatic heterocycles. The monoisotopic (exact) mass is 278 g/mol. The van der Waals surface area contributed by atoms with E-state index in [1.807, 2.05) is 12.3 Å². The van der Waals surface area contributed by atoms with Gasteiger partial charge in [-0.2, -0.15) is 0 Å². The Morgan fingerprint density at radius 2 is 2.05 bits per heavy atom. The van der Waals surface area contributed by atoms with Gasteiger partial charge >= 0.3 is 0 Å². The van der Waals surface area contributed by atoms with Crippen molar-refractivity contribution in [3.8, 4) is 5.88 Å². The van der Waals surface area contributed by atoms with E-state index in [2.05, 4.69) is 44.1 Å². The van der Waals surface area contributed by atoms with Crippen LogP contribution in [0.4, 0.5) is 0 Å². The molecule has 1 atom stereocenters. The lowest BCUT2D eigenvalue weighted by Gasteiger charge is -2.24. The summed E-state index contributed by atoms with van der Waals surface area (Å²) in [6.45, 7) is 10.2. The highest BCUT2D eigenvalue weighted by Gasteiger charge is 2.15. The molecule has 3 nitrogen and oxygen atoms in total. The maximum Gasteiger partial charge on any atom is 0.212 e. The second kappa shape index (κ2) is 8.25. The van der Waals surface area contributed by atoms with Gasteiger partial charge in [0.2, 0.25) is 5.88 Å². The van der Waals surface area contributed by atoms with Crippen molar-refractivity contribution in [2.45, 2.75) is 59.4 Å². The predicted molar refractivity (Wildman–Crippen MR) is 85.3 cm³/mol. The third-order valence-corrected chi connectivity index (χ3v) is 3.41. The Morgan fingerprint density at radius 1 is 1.30 bits per heavy atom. The Hall–Kier alpha value is -1.09. The molecule has 0 aliphatic heterocycles. The second-order valence-corrected chi connectivity index (χ2v) is 6.66. The molecule has 0 amide bonds. The number of nitrogens with zero attached hydrogens (tertiary/aromatic N) is 1. The van der Waals surface area contributed by atoms with E-state index in [4.69, 9.17) is 4.74 Å². The molecule has 1 aromatic rings. The highest BCUT2D eigenvalue weighted by Crippen LogP contribution is 2.22. The smallest absolute Gasteiger partial charge is 0.212 e. The van der Waals surface area contributed by atoms with Crippen molar-refractivity contribution in [1.29, 1.82) is 0 Å². The van der Waals surface area contributed by atoms with Gasteiger partial charge in [-0.1, -0.05) is 33.8 Å². The van der Waals surface area contributed by atoms with Crippen LogP contribution in [-0.4, -0.2) is 24.7 Å². The van der Waals surface area contributed by atoms with Crippen LogP contribution in [0.1, 0.15) is 52.5 Å². The van der Waals surface area contributed by atoms with E-state index < -0.39 is 0 Å². The SMILES string of the molecule is CCCNC(CCC(C)(C)C)Cc1ccc(OC)nc1. The van der Waals surface area contributed by atoms with Crippen LogP contribution < -0.4 is 10.1 Å². The van der Waals surface area contributed by atoms with Gasteiger partial charge in [-0.15, -0.1) is 0 Å². The van der Waals surface area contributed by atoms with Crippen molar-refractivity contribution in [3.63, 3.8) is 0 Å². The van der Waals surface area contributed by atoms with Crippen molar-refractivity contribution in [1.82, 2.24) is 10.3 Å². The average molecular weight is 278 g/mol. The number of aromatic nitrogens is 1. The van der Waals surface area contributed by atoms with Gasteiger partial charge in [0.15, 0.2) is 0 Å². The molecule has 1 N–H and O–H groups in total. The number of ether oxygens (including phenoxy) is 1. The van der Waals surface area contributed by atoms with E-state index in [0.717, 1.165) is 13.0 Å². The highest BCUT2D eigenvalue weighted by atomic mass is 16.5. The number of rotatable bonds is 8. The van der Waals surface area contributed by atoms with Crippen LogP contribution in [0, 0.1) is 5.41 Å². The van der Waals surface area contributed by atoms with Crippen molar-refractivity contribution in [2.75, 3.05) is 13.7 Å². The number of hydrogen-bond donors (Lipinski definition) is 1. The van der Waals surface area contributed by atoms with Gasteiger partial charge in [0.05, 0.1) is 7.11 Å². The first-order valence-electron chi connectivity index (χ1n) is 7.67. The van der Waals surface area contributed by atoms with Gasteiger partial charge in [-0.25, -0.2) is 4.98 Å². The second-order valence-electron chi connectivity index (χ2n) is 6.66. The highest BCUT2D eigenvalue weighted by molar-refractivity contribution is 5.18. The Morgan fingerprint density at radius 3 is 2.55 bits per heavy atom. The first-order valence-corrected chi connectivity index (χ1v) is 7.67. The third-order valence-electron chi connectivity index (χ3n) is 3.41. The molecular formula is C17H30N2O. The Balaban J connectivity index is 2.57. The lowest BCUT2D eigenvalue weighted by molar-refractivity contribution is 0.328. The maximum atomic E-state index is 5.10. The number of pyridine rings is 1. The molecule has 1 unspecified atom stereocenters. The first kappa shape index (κ1) is 17.0. The van der Waals surface area contributed by atoms with E-state index in [9.17, 15) is 0 Å². The molecule has 0 aromatic carbocycles. The summed E-state index contributed by atoms with van der Waals surface area (Å²) in [7, 11) is 1.65. The molecule has 1 heterocycles. The van der Waals surface area contributed by atoms with Gasteiger partial charge in [-0.05, 0) is 43.2 Å². The molecule has 0 aliphatic carbocycles. The van der Waals surface area contributed by atoms with Crippen molar-refractivity contribution >= 4 is 0 Å². The maximum absolute atomic E-state index is 5.10. The number of hydrogen-bond acceptors (Lipinski definition) is 3. The molecular weight excluding hydrogens is 248 g/mol. The normalized spacial score (nSPS) is 13.2. The first-order chi connectivity index (χ1) is 9.44.